The van der Waals surface area contributed by atoms with Crippen LogP contribution in [0, 0.1) is 10.1 Å². The molecule has 0 unspecified atom stereocenters. The number of nitro groups is 1. The van der Waals surface area contributed by atoms with E-state index >= 15 is 0 Å². The smallest absolute Gasteiger partial charge is 0.311 e. The van der Waals surface area contributed by atoms with E-state index in [1.54, 1.807) is 6.92 Å². The number of carbonyl (C=O) groups excluding carboxylic acids is 2. The van der Waals surface area contributed by atoms with Gasteiger partial charge in [-0.2, -0.15) is 0 Å². The van der Waals surface area contributed by atoms with E-state index in [-0.39, 0.29) is 12.2 Å². The quantitative estimate of drug-likeness (QED) is 0.328. The van der Waals surface area contributed by atoms with Gasteiger partial charge in [-0.1, -0.05) is 36.2 Å². The second-order valence-electron chi connectivity index (χ2n) is 4.56. The van der Waals surface area contributed by atoms with Crippen molar-refractivity contribution in [3.8, 4) is 5.75 Å². The summed E-state index contributed by atoms with van der Waals surface area (Å²) in [5.41, 5.74) is 3.85. The number of hydrogen-bond acceptors (Lipinski definition) is 6. The summed E-state index contributed by atoms with van der Waals surface area (Å²) in [5, 5.41) is 20.9. The molecule has 1 amide bonds. The molecule has 8 nitrogen and oxygen atoms in total. The highest BCUT2D eigenvalue weighted by molar-refractivity contribution is 6.57. The highest BCUT2D eigenvalue weighted by atomic mass is 35.5. The van der Waals surface area contributed by atoms with Gasteiger partial charge in [0.15, 0.2) is 0 Å². The Morgan fingerprint density at radius 1 is 1.43 bits per heavy atom. The van der Waals surface area contributed by atoms with Crippen LogP contribution in [0.1, 0.15) is 24.5 Å². The molecule has 0 fully saturated rings. The van der Waals surface area contributed by atoms with Gasteiger partial charge in [-0.25, -0.2) is 0 Å². The van der Waals surface area contributed by atoms with Crippen LogP contribution in [0.5, 0.6) is 5.75 Å². The maximum absolute atomic E-state index is 11.7. The first kappa shape index (κ1) is 19.0. The summed E-state index contributed by atoms with van der Waals surface area (Å²) in [4.78, 5) is 33.1. The molecule has 1 aromatic rings. The molecule has 3 N–H and O–H groups in total. The van der Waals surface area contributed by atoms with Gasteiger partial charge < -0.3 is 15.6 Å². The number of amides is 1. The highest BCUT2D eigenvalue weighted by Crippen LogP contribution is 2.45. The number of rotatable bonds is 7. The van der Waals surface area contributed by atoms with Gasteiger partial charge in [0.2, 0.25) is 10.1 Å². The van der Waals surface area contributed by atoms with E-state index in [1.807, 2.05) is 0 Å². The molecule has 23 heavy (non-hydrogen) atoms. The predicted molar refractivity (Wildman–Crippen MR) is 82.3 cm³/mol. The number of hydrogen-bond donors (Lipinski definition) is 2. The van der Waals surface area contributed by atoms with Crippen molar-refractivity contribution in [2.45, 2.75) is 24.1 Å². The molecule has 0 saturated heterocycles. The monoisotopic (exact) mass is 364 g/mol. The molecule has 0 saturated carbocycles. The number of esters is 1. The van der Waals surface area contributed by atoms with Crippen LogP contribution in [0.3, 0.4) is 0 Å². The number of carbonyl (C=O) groups is 2. The Morgan fingerprint density at radius 3 is 2.52 bits per heavy atom. The van der Waals surface area contributed by atoms with Gasteiger partial charge in [0.1, 0.15) is 0 Å². The van der Waals surface area contributed by atoms with Crippen molar-refractivity contribution in [2.24, 2.45) is 5.73 Å². The first-order valence-electron chi connectivity index (χ1n) is 6.45. The van der Waals surface area contributed by atoms with Crippen LogP contribution in [-0.2, 0) is 25.1 Å². The Balaban J connectivity index is 3.41. The van der Waals surface area contributed by atoms with Crippen LogP contribution in [-0.4, -0.2) is 28.5 Å². The van der Waals surface area contributed by atoms with Crippen molar-refractivity contribution in [2.75, 3.05) is 6.61 Å². The standard InChI is InChI=1S/C13H14Cl2N2O6/c1-2-5-23-9(18)6-7-3-4-8(17(21)22)11(19)10(7)13(14,15)12(16)20/h3-4,19H,2,5-6H2,1H3,(H2,16,20). The summed E-state index contributed by atoms with van der Waals surface area (Å²) in [6, 6.07) is 2.12. The molecule has 0 aliphatic rings. The molecular weight excluding hydrogens is 351 g/mol. The minimum atomic E-state index is -2.45. The lowest BCUT2D eigenvalue weighted by atomic mass is 9.98. The Kier molecular flexibility index (Phi) is 6.17. The van der Waals surface area contributed by atoms with Gasteiger partial charge in [0.25, 0.3) is 5.91 Å². The number of halogens is 2. The number of nitro benzene ring substituents is 1. The predicted octanol–water partition coefficient (Wildman–Crippen LogP) is 1.91. The largest absolute Gasteiger partial charge is 0.502 e. The fourth-order valence-corrected chi connectivity index (χ4v) is 2.23. The number of aromatic hydroxyl groups is 1. The number of benzene rings is 1. The van der Waals surface area contributed by atoms with Crippen molar-refractivity contribution in [3.05, 3.63) is 33.4 Å². The normalized spacial score (nSPS) is 11.1. The molecule has 1 aromatic carbocycles. The van der Waals surface area contributed by atoms with E-state index in [0.717, 1.165) is 12.1 Å². The van der Waals surface area contributed by atoms with Crippen LogP contribution < -0.4 is 5.73 Å². The molecule has 0 heterocycles. The van der Waals surface area contributed by atoms with Crippen molar-refractivity contribution < 1.29 is 24.4 Å². The van der Waals surface area contributed by atoms with Crippen LogP contribution in [0.4, 0.5) is 5.69 Å². The molecule has 0 spiro atoms. The SMILES string of the molecule is CCCOC(=O)Cc1ccc([N+](=O)[O-])c(O)c1C(Cl)(Cl)C(N)=O. The number of nitrogens with zero attached hydrogens (tertiary/aromatic N) is 1. The lowest BCUT2D eigenvalue weighted by Gasteiger charge is -2.20. The third kappa shape index (κ3) is 4.23. The topological polar surface area (TPSA) is 133 Å². The molecule has 126 valence electrons. The summed E-state index contributed by atoms with van der Waals surface area (Å²) in [6.07, 6.45) is 0.204. The van der Waals surface area contributed by atoms with Crippen molar-refractivity contribution in [1.82, 2.24) is 0 Å². The second-order valence-corrected chi connectivity index (χ2v) is 5.89. The zero-order chi connectivity index (χ0) is 17.8. The van der Waals surface area contributed by atoms with Crippen LogP contribution >= 0.6 is 23.2 Å². The Labute approximate surface area is 141 Å². The minimum Gasteiger partial charge on any atom is -0.502 e. The third-order valence-corrected chi connectivity index (χ3v) is 3.62. The van der Waals surface area contributed by atoms with E-state index in [9.17, 15) is 24.8 Å². The maximum atomic E-state index is 11.7. The zero-order valence-electron chi connectivity index (χ0n) is 12.0. The molecule has 10 heteroatoms. The fourth-order valence-electron chi connectivity index (χ4n) is 1.81. The van der Waals surface area contributed by atoms with E-state index in [0.29, 0.717) is 6.42 Å². The summed E-state index contributed by atoms with van der Waals surface area (Å²) < 4.78 is 2.44. The molecule has 0 radical (unpaired) electrons. The second kappa shape index (κ2) is 7.47. The summed E-state index contributed by atoms with van der Waals surface area (Å²) in [6.45, 7) is 1.97. The lowest BCUT2D eigenvalue weighted by Crippen LogP contribution is -2.32. The van der Waals surface area contributed by atoms with Gasteiger partial charge in [0.05, 0.1) is 23.5 Å². The van der Waals surface area contributed by atoms with Gasteiger partial charge in [-0.05, 0) is 12.0 Å². The lowest BCUT2D eigenvalue weighted by molar-refractivity contribution is -0.386. The molecule has 0 atom stereocenters. The zero-order valence-corrected chi connectivity index (χ0v) is 13.6. The number of primary amides is 1. The van der Waals surface area contributed by atoms with Crippen molar-refractivity contribution in [1.29, 1.82) is 0 Å². The molecule has 0 aromatic heterocycles. The minimum absolute atomic E-state index is 0.00185. The Hall–Kier alpha value is -2.06. The van der Waals surface area contributed by atoms with E-state index in [1.165, 1.54) is 0 Å². The average molecular weight is 365 g/mol. The van der Waals surface area contributed by atoms with E-state index < -0.39 is 44.6 Å². The summed E-state index contributed by atoms with van der Waals surface area (Å²) in [7, 11) is 0. The van der Waals surface area contributed by atoms with Gasteiger partial charge >= 0.3 is 11.7 Å². The number of alkyl halides is 2. The van der Waals surface area contributed by atoms with Crippen molar-refractivity contribution in [3.63, 3.8) is 0 Å². The Bertz CT molecular complexity index is 648. The summed E-state index contributed by atoms with van der Waals surface area (Å²) >= 11 is 11.7. The van der Waals surface area contributed by atoms with Crippen LogP contribution in [0.2, 0.25) is 0 Å². The first-order valence-corrected chi connectivity index (χ1v) is 7.21. The Morgan fingerprint density at radius 2 is 2.04 bits per heavy atom. The van der Waals surface area contributed by atoms with E-state index in [2.05, 4.69) is 0 Å². The fraction of sp³-hybridized carbons (Fsp3) is 0.385. The van der Waals surface area contributed by atoms with Crippen LogP contribution in [0.25, 0.3) is 0 Å². The summed E-state index contributed by atoms with van der Waals surface area (Å²) in [5.74, 6) is -2.85. The first-order chi connectivity index (χ1) is 10.6. The van der Waals surface area contributed by atoms with Gasteiger partial charge in [-0.15, -0.1) is 0 Å². The molecule has 0 aliphatic heterocycles. The number of ether oxygens (including phenoxy) is 1. The molecule has 1 rings (SSSR count). The average Bonchev–Trinajstić information content (AvgIpc) is 2.44. The molecular formula is C13H14Cl2N2O6. The van der Waals surface area contributed by atoms with Crippen molar-refractivity contribution >= 4 is 40.8 Å². The number of phenols is 1. The third-order valence-electron chi connectivity index (χ3n) is 2.87. The van der Waals surface area contributed by atoms with Crippen LogP contribution in [0.15, 0.2) is 12.1 Å². The number of nitrogens with two attached hydrogens (primary N) is 1. The highest BCUT2D eigenvalue weighted by Gasteiger charge is 2.41. The van der Waals surface area contributed by atoms with E-state index in [4.69, 9.17) is 33.7 Å². The molecule has 0 aliphatic carbocycles. The van der Waals surface area contributed by atoms with Gasteiger partial charge in [-0.3, -0.25) is 19.7 Å². The molecule has 0 bridgehead atoms. The maximum Gasteiger partial charge on any atom is 0.311 e. The van der Waals surface area contributed by atoms with Gasteiger partial charge in [0, 0.05) is 6.07 Å². The number of phenolic OH excluding ortho intramolecular Hbond substituents is 1.